The third-order valence-corrected chi connectivity index (χ3v) is 7.15. The van der Waals surface area contributed by atoms with Gasteiger partial charge in [-0.15, -0.1) is 0 Å². The minimum absolute atomic E-state index is 0.285. The Bertz CT molecular complexity index is 675. The molecular formula is C29H55NO5S. The molecular weight excluding hydrogens is 474 g/mol. The van der Waals surface area contributed by atoms with Gasteiger partial charge in [0.2, 0.25) is 5.91 Å². The van der Waals surface area contributed by atoms with Crippen molar-refractivity contribution in [1.29, 1.82) is 0 Å². The molecule has 2 unspecified atom stereocenters. The van der Waals surface area contributed by atoms with Gasteiger partial charge in [-0.05, 0) is 44.9 Å². The van der Waals surface area contributed by atoms with Crippen LogP contribution in [0.5, 0.6) is 0 Å². The van der Waals surface area contributed by atoms with E-state index in [0.29, 0.717) is 0 Å². The molecule has 0 radical (unpaired) electrons. The summed E-state index contributed by atoms with van der Waals surface area (Å²) in [5.74, 6) is -0.994. The maximum Gasteiger partial charge on any atom is 0.267 e. The first-order chi connectivity index (χ1) is 17.3. The van der Waals surface area contributed by atoms with E-state index in [-0.39, 0.29) is 12.3 Å². The molecule has 1 amide bonds. The number of rotatable bonds is 25. The number of carbonyl (C=O) groups is 1. The second-order valence-corrected chi connectivity index (χ2v) is 11.5. The van der Waals surface area contributed by atoms with Crippen LogP contribution in [0.4, 0.5) is 0 Å². The molecule has 6 nitrogen and oxygen atoms in total. The van der Waals surface area contributed by atoms with E-state index in [1.165, 1.54) is 63.9 Å². The molecule has 0 heterocycles. The van der Waals surface area contributed by atoms with Crippen molar-refractivity contribution in [2.75, 3.05) is 5.75 Å². The lowest BCUT2D eigenvalue weighted by atomic mass is 10.1. The Morgan fingerprint density at radius 1 is 0.722 bits per heavy atom. The molecule has 0 aliphatic heterocycles. The average Bonchev–Trinajstić information content (AvgIpc) is 2.82. The van der Waals surface area contributed by atoms with Crippen LogP contribution in [0.2, 0.25) is 0 Å². The lowest BCUT2D eigenvalue weighted by molar-refractivity contribution is -0.122. The van der Waals surface area contributed by atoms with Crippen molar-refractivity contribution in [3.05, 3.63) is 24.3 Å². The Morgan fingerprint density at radius 3 is 1.72 bits per heavy atom. The molecule has 2 atom stereocenters. The fraction of sp³-hybridized carbons (Fsp3) is 0.828. The first-order valence-electron chi connectivity index (χ1n) is 14.5. The molecule has 0 saturated carbocycles. The van der Waals surface area contributed by atoms with Gasteiger partial charge >= 0.3 is 0 Å². The summed E-state index contributed by atoms with van der Waals surface area (Å²) in [6, 6.07) is -1.05. The van der Waals surface area contributed by atoms with Crippen LogP contribution < -0.4 is 5.32 Å². The summed E-state index contributed by atoms with van der Waals surface area (Å²) in [7, 11) is -4.33. The molecule has 7 heteroatoms. The summed E-state index contributed by atoms with van der Waals surface area (Å²) in [5.41, 5.74) is 0. The molecule has 212 valence electrons. The third kappa shape index (κ3) is 24.5. The zero-order valence-electron chi connectivity index (χ0n) is 23.1. The van der Waals surface area contributed by atoms with Crippen LogP contribution in [0, 0.1) is 0 Å². The lowest BCUT2D eigenvalue weighted by Gasteiger charge is -2.21. The molecule has 0 aliphatic carbocycles. The molecule has 0 saturated heterocycles. The number of aliphatic hydroxyl groups is 1. The highest BCUT2D eigenvalue weighted by molar-refractivity contribution is 7.85. The quantitative estimate of drug-likeness (QED) is 0.0654. The molecule has 0 fully saturated rings. The Balaban J connectivity index is 4.14. The average molecular weight is 530 g/mol. The predicted octanol–water partition coefficient (Wildman–Crippen LogP) is 7.28. The van der Waals surface area contributed by atoms with Crippen molar-refractivity contribution in [2.24, 2.45) is 0 Å². The normalized spacial score (nSPS) is 14.0. The lowest BCUT2D eigenvalue weighted by Crippen LogP contribution is -2.46. The van der Waals surface area contributed by atoms with E-state index in [1.807, 2.05) is 6.08 Å². The number of carbonyl (C=O) groups excluding carboxylic acids is 1. The number of aliphatic hydroxyl groups excluding tert-OH is 1. The first kappa shape index (κ1) is 34.8. The number of nitrogens with one attached hydrogen (secondary N) is 1. The van der Waals surface area contributed by atoms with Crippen LogP contribution in [-0.2, 0) is 14.9 Å². The minimum Gasteiger partial charge on any atom is -0.387 e. The van der Waals surface area contributed by atoms with Crippen LogP contribution in [0.25, 0.3) is 0 Å². The fourth-order valence-corrected chi connectivity index (χ4v) is 4.88. The zero-order chi connectivity index (χ0) is 26.9. The Hall–Kier alpha value is -1.18. The molecule has 0 aromatic carbocycles. The second kappa shape index (κ2) is 24.2. The van der Waals surface area contributed by atoms with Crippen LogP contribution in [-0.4, -0.2) is 41.9 Å². The van der Waals surface area contributed by atoms with Gasteiger partial charge in [-0.25, -0.2) is 0 Å². The number of hydrogen-bond acceptors (Lipinski definition) is 4. The molecule has 0 aromatic rings. The highest BCUT2D eigenvalue weighted by atomic mass is 32.2. The van der Waals surface area contributed by atoms with Crippen LogP contribution in [0.1, 0.15) is 136 Å². The maximum atomic E-state index is 12.3. The van der Waals surface area contributed by atoms with Crippen molar-refractivity contribution in [1.82, 2.24) is 5.32 Å². The van der Waals surface area contributed by atoms with E-state index in [9.17, 15) is 22.9 Å². The van der Waals surface area contributed by atoms with Crippen LogP contribution in [0.3, 0.4) is 0 Å². The molecule has 0 aromatic heterocycles. The maximum absolute atomic E-state index is 12.3. The highest BCUT2D eigenvalue weighted by Gasteiger charge is 2.24. The Morgan fingerprint density at radius 2 is 1.17 bits per heavy atom. The summed E-state index contributed by atoms with van der Waals surface area (Å²) >= 11 is 0. The number of unbranched alkanes of at least 4 members (excludes halogenated alkanes) is 15. The van der Waals surface area contributed by atoms with Gasteiger partial charge in [0.1, 0.15) is 0 Å². The molecule has 0 rings (SSSR count). The number of hydrogen-bond donors (Lipinski definition) is 3. The monoisotopic (exact) mass is 529 g/mol. The second-order valence-electron chi connectivity index (χ2n) is 10.0. The van der Waals surface area contributed by atoms with Gasteiger partial charge in [0.05, 0.1) is 17.9 Å². The van der Waals surface area contributed by atoms with E-state index < -0.39 is 28.0 Å². The van der Waals surface area contributed by atoms with Crippen molar-refractivity contribution in [3.8, 4) is 0 Å². The van der Waals surface area contributed by atoms with Gasteiger partial charge in [-0.3, -0.25) is 9.35 Å². The van der Waals surface area contributed by atoms with E-state index >= 15 is 0 Å². The van der Waals surface area contributed by atoms with Gasteiger partial charge in [-0.1, -0.05) is 109 Å². The van der Waals surface area contributed by atoms with Crippen LogP contribution in [0.15, 0.2) is 24.3 Å². The van der Waals surface area contributed by atoms with E-state index in [1.54, 1.807) is 0 Å². The fourth-order valence-electron chi connectivity index (χ4n) is 4.15. The molecule has 36 heavy (non-hydrogen) atoms. The summed E-state index contributed by atoms with van der Waals surface area (Å²) in [5, 5.41) is 13.0. The van der Waals surface area contributed by atoms with Gasteiger partial charge in [0, 0.05) is 6.42 Å². The third-order valence-electron chi connectivity index (χ3n) is 6.37. The van der Waals surface area contributed by atoms with Gasteiger partial charge in [0.15, 0.2) is 0 Å². The van der Waals surface area contributed by atoms with Crippen molar-refractivity contribution in [3.63, 3.8) is 0 Å². The molecule has 3 N–H and O–H groups in total. The number of allylic oxidation sites excluding steroid dienone is 3. The zero-order valence-corrected chi connectivity index (χ0v) is 24.0. The standard InChI is InChI=1S/C29H55NO5S/c1-3-5-7-9-11-13-14-15-17-19-21-23-25-29(32)30-27(26-36(33,34)35)28(31)24-22-20-18-16-12-10-8-6-4-2/h11,13,22,24,27-28,31H,3-10,12,14-21,23,25-26H2,1-2H3,(H,30,32)(H,33,34,35)/b13-11-,24-22+. The van der Waals surface area contributed by atoms with Crippen molar-refractivity contribution in [2.45, 2.75) is 148 Å². The summed E-state index contributed by atoms with van der Waals surface area (Å²) in [6.45, 7) is 4.41. The number of amides is 1. The van der Waals surface area contributed by atoms with E-state index in [0.717, 1.165) is 57.8 Å². The van der Waals surface area contributed by atoms with Gasteiger partial charge in [-0.2, -0.15) is 8.42 Å². The van der Waals surface area contributed by atoms with Crippen molar-refractivity contribution < 1.29 is 22.9 Å². The predicted molar refractivity (Wildman–Crippen MR) is 152 cm³/mol. The Labute approximate surface area is 222 Å². The van der Waals surface area contributed by atoms with Gasteiger partial charge in [0.25, 0.3) is 10.1 Å². The van der Waals surface area contributed by atoms with E-state index in [2.05, 4.69) is 31.3 Å². The minimum atomic E-state index is -4.33. The molecule has 0 bridgehead atoms. The first-order valence-corrected chi connectivity index (χ1v) is 16.1. The SMILES string of the molecule is CCCCC/C=C\CCCCCCCC(=O)NC(CS(=O)(=O)O)C(O)/C=C/CCCCCCCCC. The Kier molecular flexibility index (Phi) is 23.4. The molecule has 0 aliphatic rings. The highest BCUT2D eigenvalue weighted by Crippen LogP contribution is 2.11. The van der Waals surface area contributed by atoms with E-state index in [4.69, 9.17) is 0 Å². The summed E-state index contributed by atoms with van der Waals surface area (Å²) < 4.78 is 32.0. The smallest absolute Gasteiger partial charge is 0.267 e. The topological polar surface area (TPSA) is 104 Å². The van der Waals surface area contributed by atoms with Crippen molar-refractivity contribution >= 4 is 16.0 Å². The molecule has 0 spiro atoms. The summed E-state index contributed by atoms with van der Waals surface area (Å²) in [6.07, 6.45) is 27.4. The summed E-state index contributed by atoms with van der Waals surface area (Å²) in [4.78, 5) is 12.3. The van der Waals surface area contributed by atoms with Gasteiger partial charge < -0.3 is 10.4 Å². The van der Waals surface area contributed by atoms with Crippen LogP contribution >= 0.6 is 0 Å². The largest absolute Gasteiger partial charge is 0.387 e.